The molecule has 1 aromatic rings. The highest BCUT2D eigenvalue weighted by Crippen LogP contribution is 2.41. The van der Waals surface area contributed by atoms with E-state index in [2.05, 4.69) is 147 Å². The molecule has 3 rings (SSSR count). The van der Waals surface area contributed by atoms with Crippen LogP contribution in [0.15, 0.2) is 122 Å². The fourth-order valence-electron chi connectivity index (χ4n) is 13.0. The second kappa shape index (κ2) is 59.6. The molecule has 5 heteroatoms. The maximum Gasteiger partial charge on any atom is 0.169 e. The Bertz CT molecular complexity index is 1960. The molecule has 0 spiro atoms. The average Bonchev–Trinajstić information content (AvgIpc) is 1.73. The van der Waals surface area contributed by atoms with Crippen LogP contribution in [0.5, 0.6) is 0 Å². The molecule has 89 heavy (non-hydrogen) atoms. The van der Waals surface area contributed by atoms with Crippen molar-refractivity contribution in [1.29, 1.82) is 0 Å². The SMILES string of the molecule is CCCCC/C=C\C/C=C\CCCCCCCCC(=O)CCCCCCCC/C=C\C/C=C\CCCC(C)C(C)CCC/C=C\C/C=C\CCCCCCCCC1(CCCCCCCC/C=C\C/C=C\CCCCC)O[C@H]2CN(Cc3ccncc3)C[C@@H]2O1. The maximum absolute atomic E-state index is 12.3. The Balaban J connectivity index is 1.08. The quantitative estimate of drug-likeness (QED) is 0.0481. The fourth-order valence-corrected chi connectivity index (χ4v) is 13.0. The molecular weight excluding hydrogens is 1080 g/mol. The number of likely N-dealkylation sites (tertiary alicyclic amines) is 1. The second-order valence-electron chi connectivity index (χ2n) is 27.5. The van der Waals surface area contributed by atoms with Gasteiger partial charge in [-0.3, -0.25) is 14.7 Å². The standard InChI is InChI=1S/C84H142N2O3/c1-5-7-9-11-13-15-17-19-21-23-31-37-43-49-55-61-67-81(87)68-62-56-50-44-38-32-25-24-29-35-41-47-53-59-65-78(3)79(4)66-60-54-48-42-36-30-26-28-34-40-46-52-58-64-72-84(88-82-76-86(77-83(82)89-84)75-80-69-73-85-74-70-80)71-63-57-51-45-39-33-27-22-20-18-16-14-12-10-8-6-2/h13-16,19-22,24,26,29-30,41-42,47-48,69-70,73-74,78-79,82-83H,5-12,17-18,23,25,27-28,31-40,43-46,49-68,71-72,75-77H2,1-4H3/b15-13-,16-14-,21-19-,22-20-,29-24-,30-26-,47-41-,48-42-/t78?,79?,82-,83-/m0/s1. The van der Waals surface area contributed by atoms with Crippen molar-refractivity contribution < 1.29 is 14.3 Å². The van der Waals surface area contributed by atoms with Gasteiger partial charge in [-0.05, 0) is 184 Å². The Morgan fingerprint density at radius 3 is 1.04 bits per heavy atom. The number of carbonyl (C=O) groups excluding carboxylic acids is 1. The minimum atomic E-state index is -0.377. The van der Waals surface area contributed by atoms with Crippen molar-refractivity contribution in [3.63, 3.8) is 0 Å². The summed E-state index contributed by atoms with van der Waals surface area (Å²) in [5, 5.41) is 0. The van der Waals surface area contributed by atoms with Crippen LogP contribution in [0.3, 0.4) is 0 Å². The molecule has 2 fully saturated rings. The predicted octanol–water partition coefficient (Wildman–Crippen LogP) is 26.2. The van der Waals surface area contributed by atoms with Crippen molar-refractivity contribution in [1.82, 2.24) is 9.88 Å². The largest absolute Gasteiger partial charge is 0.343 e. The number of ether oxygens (including phenoxy) is 2. The van der Waals surface area contributed by atoms with Crippen LogP contribution in [-0.2, 0) is 20.8 Å². The van der Waals surface area contributed by atoms with E-state index in [-0.39, 0.29) is 18.0 Å². The number of allylic oxidation sites excluding steroid dienone is 16. The van der Waals surface area contributed by atoms with Crippen LogP contribution in [0.25, 0.3) is 0 Å². The lowest BCUT2D eigenvalue weighted by atomic mass is 9.87. The Morgan fingerprint density at radius 1 is 0.416 bits per heavy atom. The summed E-state index contributed by atoms with van der Waals surface area (Å²) >= 11 is 0. The molecule has 0 saturated carbocycles. The molecule has 5 nitrogen and oxygen atoms in total. The van der Waals surface area contributed by atoms with Gasteiger partial charge in [0, 0.05) is 57.7 Å². The maximum atomic E-state index is 12.3. The van der Waals surface area contributed by atoms with Crippen molar-refractivity contribution in [3.8, 4) is 0 Å². The zero-order valence-electron chi connectivity index (χ0n) is 59.0. The third kappa shape index (κ3) is 47.2. The number of hydrogen-bond donors (Lipinski definition) is 0. The van der Waals surface area contributed by atoms with Gasteiger partial charge in [0.2, 0.25) is 0 Å². The van der Waals surface area contributed by atoms with Crippen molar-refractivity contribution in [2.75, 3.05) is 13.1 Å². The molecule has 0 radical (unpaired) electrons. The minimum Gasteiger partial charge on any atom is -0.343 e. The third-order valence-corrected chi connectivity index (χ3v) is 19.1. The molecule has 2 saturated heterocycles. The van der Waals surface area contributed by atoms with Gasteiger partial charge in [0.1, 0.15) is 18.0 Å². The van der Waals surface area contributed by atoms with Crippen LogP contribution < -0.4 is 0 Å². The third-order valence-electron chi connectivity index (χ3n) is 19.1. The zero-order valence-corrected chi connectivity index (χ0v) is 59.0. The van der Waals surface area contributed by atoms with Crippen molar-refractivity contribution >= 4 is 5.78 Å². The smallest absolute Gasteiger partial charge is 0.169 e. The molecule has 3 heterocycles. The zero-order chi connectivity index (χ0) is 63.3. The molecule has 0 amide bonds. The number of pyridine rings is 1. The lowest BCUT2D eigenvalue weighted by molar-refractivity contribution is -0.194. The van der Waals surface area contributed by atoms with E-state index >= 15 is 0 Å². The molecule has 2 aliphatic rings. The second-order valence-corrected chi connectivity index (χ2v) is 27.5. The molecule has 0 N–H and O–H groups in total. The predicted molar refractivity (Wildman–Crippen MR) is 391 cm³/mol. The molecule has 2 unspecified atom stereocenters. The van der Waals surface area contributed by atoms with Gasteiger partial charge in [0.05, 0.1) is 0 Å². The van der Waals surface area contributed by atoms with Gasteiger partial charge in [-0.1, -0.05) is 266 Å². The summed E-state index contributed by atoms with van der Waals surface area (Å²) in [5.74, 6) is 1.73. The molecular formula is C84H142N2O3. The molecule has 0 aliphatic carbocycles. The summed E-state index contributed by atoms with van der Waals surface area (Å²) in [4.78, 5) is 19.1. The average molecular weight is 1230 g/mol. The molecule has 1 aromatic heterocycles. The van der Waals surface area contributed by atoms with Crippen LogP contribution in [0.2, 0.25) is 0 Å². The van der Waals surface area contributed by atoms with Crippen LogP contribution in [0.4, 0.5) is 0 Å². The van der Waals surface area contributed by atoms with Crippen molar-refractivity contribution in [3.05, 3.63) is 127 Å². The van der Waals surface area contributed by atoms with E-state index < -0.39 is 0 Å². The summed E-state index contributed by atoms with van der Waals surface area (Å²) < 4.78 is 13.9. The van der Waals surface area contributed by atoms with E-state index in [0.29, 0.717) is 5.78 Å². The van der Waals surface area contributed by atoms with Crippen molar-refractivity contribution in [2.45, 2.75) is 373 Å². The highest BCUT2D eigenvalue weighted by Gasteiger charge is 2.50. The number of Topliss-reactive ketones (excluding diaryl/α,β-unsaturated/α-hetero) is 1. The van der Waals surface area contributed by atoms with Gasteiger partial charge in [0.25, 0.3) is 0 Å². The van der Waals surface area contributed by atoms with E-state index in [1.807, 2.05) is 12.4 Å². The summed E-state index contributed by atoms with van der Waals surface area (Å²) in [6, 6.07) is 4.26. The van der Waals surface area contributed by atoms with E-state index in [4.69, 9.17) is 9.47 Å². The van der Waals surface area contributed by atoms with E-state index in [9.17, 15) is 4.79 Å². The number of fused-ring (bicyclic) bond motifs is 1. The van der Waals surface area contributed by atoms with E-state index in [1.54, 1.807) is 0 Å². The number of unbranched alkanes of at least 4 members (excludes halogenated alkanes) is 32. The lowest BCUT2D eigenvalue weighted by Crippen LogP contribution is -2.35. The summed E-state index contributed by atoms with van der Waals surface area (Å²) in [7, 11) is 0. The highest BCUT2D eigenvalue weighted by atomic mass is 16.8. The monoisotopic (exact) mass is 1230 g/mol. The fraction of sp³-hybridized carbons (Fsp3) is 0.738. The Morgan fingerprint density at radius 2 is 0.708 bits per heavy atom. The van der Waals surface area contributed by atoms with Crippen LogP contribution in [0.1, 0.15) is 354 Å². The number of aromatic nitrogens is 1. The van der Waals surface area contributed by atoms with Gasteiger partial charge < -0.3 is 9.47 Å². The Kier molecular flexibility index (Phi) is 53.5. The number of hydrogen-bond acceptors (Lipinski definition) is 5. The number of carbonyl (C=O) groups is 1. The summed E-state index contributed by atoms with van der Waals surface area (Å²) in [6.45, 7) is 12.4. The first-order chi connectivity index (χ1) is 43.9. The van der Waals surface area contributed by atoms with E-state index in [1.165, 1.54) is 262 Å². The van der Waals surface area contributed by atoms with Crippen LogP contribution >= 0.6 is 0 Å². The number of nitrogens with zero attached hydrogens (tertiary/aromatic N) is 2. The topological polar surface area (TPSA) is 51.7 Å². The van der Waals surface area contributed by atoms with Gasteiger partial charge in [-0.25, -0.2) is 0 Å². The first-order valence-corrected chi connectivity index (χ1v) is 38.6. The van der Waals surface area contributed by atoms with Gasteiger partial charge in [0.15, 0.2) is 5.79 Å². The Hall–Kier alpha value is -3.38. The van der Waals surface area contributed by atoms with Crippen molar-refractivity contribution in [2.24, 2.45) is 11.8 Å². The van der Waals surface area contributed by atoms with Gasteiger partial charge in [-0.15, -0.1) is 0 Å². The normalized spacial score (nSPS) is 17.2. The first-order valence-electron chi connectivity index (χ1n) is 38.6. The molecule has 506 valence electrons. The van der Waals surface area contributed by atoms with Gasteiger partial charge in [-0.2, -0.15) is 0 Å². The van der Waals surface area contributed by atoms with Crippen LogP contribution in [0, 0.1) is 11.8 Å². The molecule has 0 bridgehead atoms. The summed E-state index contributed by atoms with van der Waals surface area (Å²) in [6.07, 6.45) is 104. The highest BCUT2D eigenvalue weighted by molar-refractivity contribution is 5.78. The first kappa shape index (κ1) is 79.9. The molecule has 0 aromatic carbocycles. The number of ketones is 1. The number of rotatable bonds is 63. The van der Waals surface area contributed by atoms with Gasteiger partial charge >= 0.3 is 0 Å². The molecule has 4 atom stereocenters. The summed E-state index contributed by atoms with van der Waals surface area (Å²) in [5.41, 5.74) is 1.32. The molecule has 2 aliphatic heterocycles. The lowest BCUT2D eigenvalue weighted by Gasteiger charge is -2.31. The Labute approximate surface area is 552 Å². The minimum absolute atomic E-state index is 0.196. The van der Waals surface area contributed by atoms with Crippen LogP contribution in [-0.4, -0.2) is 46.8 Å². The van der Waals surface area contributed by atoms with E-state index in [0.717, 1.165) is 95.7 Å².